The van der Waals surface area contributed by atoms with E-state index in [4.69, 9.17) is 0 Å². The smallest absolute Gasteiger partial charge is 0.125 e. The van der Waals surface area contributed by atoms with Crippen molar-refractivity contribution < 1.29 is 0 Å². The van der Waals surface area contributed by atoms with Gasteiger partial charge in [0.2, 0.25) is 0 Å². The minimum Gasteiger partial charge on any atom is -0.297 e. The Hall–Kier alpha value is -1.75. The molecule has 100 valence electrons. The van der Waals surface area contributed by atoms with Crippen LogP contribution in [0.5, 0.6) is 0 Å². The van der Waals surface area contributed by atoms with Crippen LogP contribution in [-0.4, -0.2) is 37.7 Å². The van der Waals surface area contributed by atoms with Crippen LogP contribution in [0.4, 0.5) is 0 Å². The molecule has 1 unspecified atom stereocenters. The molecule has 2 aromatic heterocycles. The van der Waals surface area contributed by atoms with Crippen LogP contribution in [0.15, 0.2) is 24.8 Å². The molecule has 19 heavy (non-hydrogen) atoms. The Morgan fingerprint density at radius 1 is 1.21 bits per heavy atom. The number of hydrogen-bond acceptors (Lipinski definition) is 4. The van der Waals surface area contributed by atoms with Crippen LogP contribution in [0.25, 0.3) is 0 Å². The van der Waals surface area contributed by atoms with Gasteiger partial charge in [-0.2, -0.15) is 5.10 Å². The summed E-state index contributed by atoms with van der Waals surface area (Å²) in [6.07, 6.45) is 9.06. The molecule has 0 aromatic carbocycles. The van der Waals surface area contributed by atoms with E-state index in [1.54, 1.807) is 0 Å². The lowest BCUT2D eigenvalue weighted by Crippen LogP contribution is -2.21. The second-order valence-corrected chi connectivity index (χ2v) is 5.31. The van der Waals surface area contributed by atoms with E-state index in [0.717, 1.165) is 31.9 Å². The second kappa shape index (κ2) is 5.09. The highest BCUT2D eigenvalue weighted by molar-refractivity contribution is 5.06. The predicted octanol–water partition coefficient (Wildman–Crippen LogP) is 1.74. The molecule has 0 amide bonds. The van der Waals surface area contributed by atoms with Gasteiger partial charge in [0.15, 0.2) is 0 Å². The molecule has 0 N–H and O–H groups in total. The van der Waals surface area contributed by atoms with E-state index in [1.807, 2.05) is 25.5 Å². The van der Waals surface area contributed by atoms with Crippen molar-refractivity contribution in [1.82, 2.24) is 24.6 Å². The molecule has 1 atom stereocenters. The van der Waals surface area contributed by atoms with Crippen molar-refractivity contribution in [2.45, 2.75) is 32.9 Å². The summed E-state index contributed by atoms with van der Waals surface area (Å²) in [7, 11) is 0. The molecular weight excluding hydrogens is 238 g/mol. The Balaban J connectivity index is 1.61. The first-order valence-electron chi connectivity index (χ1n) is 6.71. The fraction of sp³-hybridized carbons (Fsp3) is 0.500. The van der Waals surface area contributed by atoms with Gasteiger partial charge in [0.1, 0.15) is 5.82 Å². The first-order chi connectivity index (χ1) is 9.20. The van der Waals surface area contributed by atoms with Crippen molar-refractivity contribution in [3.8, 4) is 0 Å². The molecule has 1 saturated heterocycles. The summed E-state index contributed by atoms with van der Waals surface area (Å²) >= 11 is 0. The highest BCUT2D eigenvalue weighted by Gasteiger charge is 2.24. The molecule has 3 rings (SSSR count). The van der Waals surface area contributed by atoms with Crippen LogP contribution in [0.3, 0.4) is 0 Å². The Morgan fingerprint density at radius 3 is 2.68 bits per heavy atom. The minimum absolute atomic E-state index is 0.500. The molecule has 1 aliphatic rings. The minimum atomic E-state index is 0.500. The van der Waals surface area contributed by atoms with Crippen LogP contribution < -0.4 is 0 Å². The summed E-state index contributed by atoms with van der Waals surface area (Å²) in [4.78, 5) is 10.9. The molecular formula is C14H19N5. The zero-order valence-corrected chi connectivity index (χ0v) is 11.5. The molecule has 1 aliphatic heterocycles. The van der Waals surface area contributed by atoms with Crippen LogP contribution in [0.1, 0.15) is 29.4 Å². The van der Waals surface area contributed by atoms with E-state index < -0.39 is 0 Å². The van der Waals surface area contributed by atoms with E-state index in [-0.39, 0.29) is 0 Å². The Morgan fingerprint density at radius 2 is 2.00 bits per heavy atom. The fourth-order valence-electron chi connectivity index (χ4n) is 2.56. The van der Waals surface area contributed by atoms with Gasteiger partial charge in [0.05, 0.1) is 12.2 Å². The van der Waals surface area contributed by atoms with Gasteiger partial charge in [-0.05, 0) is 25.8 Å². The topological polar surface area (TPSA) is 46.8 Å². The zero-order chi connectivity index (χ0) is 13.2. The average Bonchev–Trinajstić information content (AvgIpc) is 3.01. The van der Waals surface area contributed by atoms with Crippen LogP contribution >= 0.6 is 0 Å². The lowest BCUT2D eigenvalue weighted by atomic mass is 10.3. The number of nitrogens with zero attached hydrogens (tertiary/aromatic N) is 5. The van der Waals surface area contributed by atoms with Gasteiger partial charge in [-0.3, -0.25) is 9.58 Å². The first kappa shape index (κ1) is 12.3. The Labute approximate surface area is 113 Å². The van der Waals surface area contributed by atoms with Crippen molar-refractivity contribution in [2.75, 3.05) is 13.1 Å². The van der Waals surface area contributed by atoms with Crippen LogP contribution in [0, 0.1) is 13.8 Å². The van der Waals surface area contributed by atoms with E-state index in [2.05, 4.69) is 37.8 Å². The maximum absolute atomic E-state index is 4.42. The molecule has 5 heteroatoms. The molecule has 0 spiro atoms. The standard InChI is InChI=1S/C14H19N5/c1-11-5-17-19(8-11)14-3-4-18(10-14)9-13-6-15-12(2)16-7-13/h5-8,14H,3-4,9-10H2,1-2H3. The Kier molecular flexibility index (Phi) is 3.29. The molecule has 0 saturated carbocycles. The monoisotopic (exact) mass is 257 g/mol. The molecule has 0 radical (unpaired) electrons. The molecule has 1 fully saturated rings. The number of aryl methyl sites for hydroxylation is 2. The molecule has 0 aliphatic carbocycles. The summed E-state index contributed by atoms with van der Waals surface area (Å²) in [5.74, 6) is 0.829. The van der Waals surface area contributed by atoms with Crippen molar-refractivity contribution in [1.29, 1.82) is 0 Å². The summed E-state index contributed by atoms with van der Waals surface area (Å²) in [5, 5.41) is 4.42. The fourth-order valence-corrected chi connectivity index (χ4v) is 2.56. The number of likely N-dealkylation sites (tertiary alicyclic amines) is 1. The molecule has 3 heterocycles. The van der Waals surface area contributed by atoms with E-state index in [0.29, 0.717) is 6.04 Å². The van der Waals surface area contributed by atoms with Gasteiger partial charge in [-0.15, -0.1) is 0 Å². The summed E-state index contributed by atoms with van der Waals surface area (Å²) in [5.41, 5.74) is 2.41. The third-order valence-electron chi connectivity index (χ3n) is 3.59. The summed E-state index contributed by atoms with van der Waals surface area (Å²) in [6, 6.07) is 0.500. The maximum Gasteiger partial charge on any atom is 0.125 e. The van der Waals surface area contributed by atoms with Gasteiger partial charge >= 0.3 is 0 Å². The van der Waals surface area contributed by atoms with Gasteiger partial charge in [-0.1, -0.05) is 0 Å². The maximum atomic E-state index is 4.42. The third-order valence-corrected chi connectivity index (χ3v) is 3.59. The molecule has 2 aromatic rings. The Bertz CT molecular complexity index is 545. The van der Waals surface area contributed by atoms with Crippen LogP contribution in [-0.2, 0) is 6.54 Å². The summed E-state index contributed by atoms with van der Waals surface area (Å²) < 4.78 is 2.10. The quantitative estimate of drug-likeness (QED) is 0.840. The van der Waals surface area contributed by atoms with Gasteiger partial charge in [0.25, 0.3) is 0 Å². The van der Waals surface area contributed by atoms with Crippen molar-refractivity contribution in [2.24, 2.45) is 0 Å². The number of rotatable bonds is 3. The number of hydrogen-bond donors (Lipinski definition) is 0. The normalized spacial score (nSPS) is 20.0. The van der Waals surface area contributed by atoms with Crippen molar-refractivity contribution in [3.63, 3.8) is 0 Å². The lowest BCUT2D eigenvalue weighted by molar-refractivity contribution is 0.311. The average molecular weight is 257 g/mol. The molecule has 5 nitrogen and oxygen atoms in total. The van der Waals surface area contributed by atoms with Gasteiger partial charge in [0, 0.05) is 43.8 Å². The third kappa shape index (κ3) is 2.81. The molecule has 0 bridgehead atoms. The lowest BCUT2D eigenvalue weighted by Gasteiger charge is -2.15. The van der Waals surface area contributed by atoms with E-state index in [9.17, 15) is 0 Å². The summed E-state index contributed by atoms with van der Waals surface area (Å²) in [6.45, 7) is 7.08. The predicted molar refractivity (Wildman–Crippen MR) is 72.7 cm³/mol. The second-order valence-electron chi connectivity index (χ2n) is 5.31. The van der Waals surface area contributed by atoms with E-state index in [1.165, 1.54) is 11.1 Å². The van der Waals surface area contributed by atoms with Crippen molar-refractivity contribution >= 4 is 0 Å². The van der Waals surface area contributed by atoms with Crippen LogP contribution in [0.2, 0.25) is 0 Å². The van der Waals surface area contributed by atoms with E-state index >= 15 is 0 Å². The zero-order valence-electron chi connectivity index (χ0n) is 11.5. The largest absolute Gasteiger partial charge is 0.297 e. The highest BCUT2D eigenvalue weighted by Crippen LogP contribution is 2.22. The van der Waals surface area contributed by atoms with Gasteiger partial charge in [-0.25, -0.2) is 9.97 Å². The number of aromatic nitrogens is 4. The SMILES string of the molecule is Cc1cnn(C2CCN(Cc3cnc(C)nc3)C2)c1. The first-order valence-corrected chi connectivity index (χ1v) is 6.71. The highest BCUT2D eigenvalue weighted by atomic mass is 15.3. The van der Waals surface area contributed by atoms with Crippen molar-refractivity contribution in [3.05, 3.63) is 41.7 Å². The van der Waals surface area contributed by atoms with Gasteiger partial charge < -0.3 is 0 Å².